The van der Waals surface area contributed by atoms with E-state index in [1.165, 1.54) is 0 Å². The van der Waals surface area contributed by atoms with Crippen molar-refractivity contribution in [2.45, 2.75) is 38.8 Å². The summed E-state index contributed by atoms with van der Waals surface area (Å²) in [5.41, 5.74) is -0.390. The predicted molar refractivity (Wildman–Crippen MR) is 75.1 cm³/mol. The number of hydrogen-bond acceptors (Lipinski definition) is 5. The molecule has 5 nitrogen and oxygen atoms in total. The first-order chi connectivity index (χ1) is 8.96. The highest BCUT2D eigenvalue weighted by Crippen LogP contribution is 2.20. The molecule has 0 aromatic heterocycles. The van der Waals surface area contributed by atoms with Gasteiger partial charge >= 0.3 is 5.97 Å². The molecule has 0 amide bonds. The number of rotatable bonds is 2. The van der Waals surface area contributed by atoms with Gasteiger partial charge in [-0.15, -0.1) is 0 Å². The fraction of sp³-hybridized carbons (Fsp3) is 0.929. The minimum atomic E-state index is -0.390. The molecule has 2 fully saturated rings. The van der Waals surface area contributed by atoms with Gasteiger partial charge in [0.15, 0.2) is 0 Å². The van der Waals surface area contributed by atoms with Gasteiger partial charge in [0.05, 0.1) is 5.92 Å². The number of piperidine rings is 1. The lowest BCUT2D eigenvalue weighted by Crippen LogP contribution is -2.56. The number of hydrogen-bond donors (Lipinski definition) is 2. The van der Waals surface area contributed by atoms with Crippen molar-refractivity contribution >= 4 is 5.97 Å². The molecule has 2 N–H and O–H groups in total. The normalized spacial score (nSPS) is 30.1. The molecule has 2 atom stereocenters. The SMILES string of the molecule is CC(C)(C)OC(=O)[C@@H]1CNC[C@@H](N2CCNCC2)C1. The van der Waals surface area contributed by atoms with Crippen LogP contribution in [0.2, 0.25) is 0 Å². The minimum Gasteiger partial charge on any atom is -0.460 e. The molecule has 2 aliphatic rings. The van der Waals surface area contributed by atoms with Crippen molar-refractivity contribution in [2.75, 3.05) is 39.3 Å². The topological polar surface area (TPSA) is 53.6 Å². The first-order valence-electron chi connectivity index (χ1n) is 7.34. The number of piperazine rings is 1. The van der Waals surface area contributed by atoms with Gasteiger partial charge in [-0.2, -0.15) is 0 Å². The highest BCUT2D eigenvalue weighted by Gasteiger charge is 2.33. The van der Waals surface area contributed by atoms with Gasteiger partial charge in [-0.3, -0.25) is 9.69 Å². The second-order valence-corrected chi connectivity index (χ2v) is 6.56. The van der Waals surface area contributed by atoms with Crippen molar-refractivity contribution in [3.8, 4) is 0 Å². The second-order valence-electron chi connectivity index (χ2n) is 6.56. The highest BCUT2D eigenvalue weighted by molar-refractivity contribution is 5.73. The zero-order valence-electron chi connectivity index (χ0n) is 12.4. The molecule has 0 saturated carbocycles. The number of nitrogens with zero attached hydrogens (tertiary/aromatic N) is 1. The third kappa shape index (κ3) is 4.44. The van der Waals surface area contributed by atoms with E-state index in [1.54, 1.807) is 0 Å². The maximum absolute atomic E-state index is 12.1. The Morgan fingerprint density at radius 2 is 1.84 bits per heavy atom. The lowest BCUT2D eigenvalue weighted by molar-refractivity contribution is -0.161. The molecule has 2 aliphatic heterocycles. The fourth-order valence-corrected chi connectivity index (χ4v) is 2.81. The van der Waals surface area contributed by atoms with Gasteiger partial charge in [0.1, 0.15) is 5.60 Å². The van der Waals surface area contributed by atoms with Gasteiger partial charge < -0.3 is 15.4 Å². The van der Waals surface area contributed by atoms with E-state index in [4.69, 9.17) is 4.74 Å². The quantitative estimate of drug-likeness (QED) is 0.702. The molecule has 2 saturated heterocycles. The van der Waals surface area contributed by atoms with E-state index in [0.717, 1.165) is 45.7 Å². The maximum Gasteiger partial charge on any atom is 0.310 e. The molecule has 19 heavy (non-hydrogen) atoms. The Bertz CT molecular complexity index is 308. The smallest absolute Gasteiger partial charge is 0.310 e. The maximum atomic E-state index is 12.1. The monoisotopic (exact) mass is 269 g/mol. The summed E-state index contributed by atoms with van der Waals surface area (Å²) < 4.78 is 5.50. The average Bonchev–Trinajstić information content (AvgIpc) is 2.38. The summed E-state index contributed by atoms with van der Waals surface area (Å²) in [7, 11) is 0. The molecular formula is C14H27N3O2. The lowest BCUT2D eigenvalue weighted by atomic mass is 9.94. The number of esters is 1. The molecule has 0 bridgehead atoms. The van der Waals surface area contributed by atoms with Crippen LogP contribution in [0.25, 0.3) is 0 Å². The van der Waals surface area contributed by atoms with Crippen LogP contribution in [0.3, 0.4) is 0 Å². The van der Waals surface area contributed by atoms with Crippen LogP contribution < -0.4 is 10.6 Å². The molecule has 0 unspecified atom stereocenters. The van der Waals surface area contributed by atoms with Gasteiger partial charge in [-0.25, -0.2) is 0 Å². The highest BCUT2D eigenvalue weighted by atomic mass is 16.6. The van der Waals surface area contributed by atoms with Crippen molar-refractivity contribution in [2.24, 2.45) is 5.92 Å². The molecule has 0 aromatic rings. The summed E-state index contributed by atoms with van der Waals surface area (Å²) >= 11 is 0. The first-order valence-corrected chi connectivity index (χ1v) is 7.34. The van der Waals surface area contributed by atoms with E-state index in [0.29, 0.717) is 6.04 Å². The van der Waals surface area contributed by atoms with Crippen molar-refractivity contribution in [1.82, 2.24) is 15.5 Å². The number of carbonyl (C=O) groups excluding carboxylic acids is 1. The van der Waals surface area contributed by atoms with E-state index in [9.17, 15) is 4.79 Å². The van der Waals surface area contributed by atoms with Gasteiger partial charge in [0.2, 0.25) is 0 Å². The van der Waals surface area contributed by atoms with Gasteiger partial charge in [0, 0.05) is 45.3 Å². The molecular weight excluding hydrogens is 242 g/mol. The Kier molecular flexibility index (Phi) is 4.81. The number of nitrogens with one attached hydrogen (secondary N) is 2. The van der Waals surface area contributed by atoms with Crippen LogP contribution >= 0.6 is 0 Å². The predicted octanol–water partition coefficient (Wildman–Crippen LogP) is 0.211. The molecule has 2 heterocycles. The van der Waals surface area contributed by atoms with Crippen molar-refractivity contribution in [3.05, 3.63) is 0 Å². The van der Waals surface area contributed by atoms with Crippen LogP contribution in [0.5, 0.6) is 0 Å². The molecule has 0 aromatic carbocycles. The van der Waals surface area contributed by atoms with E-state index in [1.807, 2.05) is 20.8 Å². The van der Waals surface area contributed by atoms with Crippen LogP contribution in [0.1, 0.15) is 27.2 Å². The summed E-state index contributed by atoms with van der Waals surface area (Å²) in [6.07, 6.45) is 0.919. The third-order valence-electron chi connectivity index (χ3n) is 3.74. The molecule has 0 spiro atoms. The van der Waals surface area contributed by atoms with Gasteiger partial charge in [-0.05, 0) is 27.2 Å². The van der Waals surface area contributed by atoms with Crippen LogP contribution in [-0.2, 0) is 9.53 Å². The minimum absolute atomic E-state index is 0.00661. The molecule has 0 radical (unpaired) electrons. The second kappa shape index (κ2) is 6.20. The zero-order chi connectivity index (χ0) is 13.9. The van der Waals surface area contributed by atoms with Crippen LogP contribution in [0.4, 0.5) is 0 Å². The number of carbonyl (C=O) groups is 1. The summed E-state index contributed by atoms with van der Waals surface area (Å²) in [4.78, 5) is 14.6. The van der Waals surface area contributed by atoms with Crippen LogP contribution in [0.15, 0.2) is 0 Å². The Balaban J connectivity index is 1.87. The van der Waals surface area contributed by atoms with Crippen LogP contribution in [0, 0.1) is 5.92 Å². The van der Waals surface area contributed by atoms with Crippen molar-refractivity contribution < 1.29 is 9.53 Å². The molecule has 5 heteroatoms. The summed E-state index contributed by atoms with van der Waals surface area (Å²) in [5, 5.41) is 6.75. The summed E-state index contributed by atoms with van der Waals surface area (Å²) in [5.74, 6) is -0.0623. The van der Waals surface area contributed by atoms with Gasteiger partial charge in [0.25, 0.3) is 0 Å². The Labute approximate surface area is 116 Å². The molecule has 110 valence electrons. The molecule has 0 aliphatic carbocycles. The van der Waals surface area contributed by atoms with E-state index < -0.39 is 0 Å². The summed E-state index contributed by atoms with van der Waals surface area (Å²) in [6, 6.07) is 0.466. The Hall–Kier alpha value is -0.650. The van der Waals surface area contributed by atoms with Crippen molar-refractivity contribution in [1.29, 1.82) is 0 Å². The first kappa shape index (κ1) is 14.8. The van der Waals surface area contributed by atoms with E-state index >= 15 is 0 Å². The Morgan fingerprint density at radius 3 is 2.47 bits per heavy atom. The standard InChI is InChI=1S/C14H27N3O2/c1-14(2,3)19-13(18)11-8-12(10-16-9-11)17-6-4-15-5-7-17/h11-12,15-16H,4-10H2,1-3H3/t11-,12-/m0/s1. The van der Waals surface area contributed by atoms with Crippen LogP contribution in [-0.4, -0.2) is 61.8 Å². The van der Waals surface area contributed by atoms with E-state index in [-0.39, 0.29) is 17.5 Å². The van der Waals surface area contributed by atoms with Crippen molar-refractivity contribution in [3.63, 3.8) is 0 Å². The van der Waals surface area contributed by atoms with E-state index in [2.05, 4.69) is 15.5 Å². The molecule has 2 rings (SSSR count). The van der Waals surface area contributed by atoms with Gasteiger partial charge in [-0.1, -0.05) is 0 Å². The zero-order valence-corrected chi connectivity index (χ0v) is 12.4. The average molecular weight is 269 g/mol. The number of ether oxygens (including phenoxy) is 1. The Morgan fingerprint density at radius 1 is 1.16 bits per heavy atom. The fourth-order valence-electron chi connectivity index (χ4n) is 2.81. The third-order valence-corrected chi connectivity index (χ3v) is 3.74. The summed E-state index contributed by atoms with van der Waals surface area (Å²) in [6.45, 7) is 11.8. The lowest BCUT2D eigenvalue weighted by Gasteiger charge is -2.39. The largest absolute Gasteiger partial charge is 0.460 e.